The Kier molecular flexibility index (Phi) is 3.72. The predicted octanol–water partition coefficient (Wildman–Crippen LogP) is 2.47. The molecule has 2 atom stereocenters. The van der Waals surface area contributed by atoms with E-state index in [4.69, 9.17) is 13.3 Å². The van der Waals surface area contributed by atoms with Gasteiger partial charge in [-0.15, -0.1) is 0 Å². The van der Waals surface area contributed by atoms with Crippen LogP contribution in [0.3, 0.4) is 0 Å². The first kappa shape index (κ1) is 13.6. The van der Waals surface area contributed by atoms with Gasteiger partial charge in [-0.1, -0.05) is 12.8 Å². The van der Waals surface area contributed by atoms with E-state index in [0.29, 0.717) is 0 Å². The molecule has 0 N–H and O–H groups in total. The largest absolute Gasteiger partial charge is 0.471 e. The molecule has 3 rings (SSSR count). The highest BCUT2D eigenvalue weighted by molar-refractivity contribution is 6.88. The first-order chi connectivity index (χ1) is 9.12. The number of furan rings is 1. The minimum absolute atomic E-state index is 0.907. The molecule has 0 aromatic carbocycles. The Hall–Kier alpha value is -0.366. The van der Waals surface area contributed by atoms with Crippen LogP contribution in [0.5, 0.6) is 0 Å². The van der Waals surface area contributed by atoms with Crippen molar-refractivity contribution in [2.75, 3.05) is 13.2 Å². The van der Waals surface area contributed by atoms with Gasteiger partial charge in [0.2, 0.25) is 8.32 Å². The van der Waals surface area contributed by atoms with Gasteiger partial charge in [-0.3, -0.25) is 0 Å². The van der Waals surface area contributed by atoms with Gasteiger partial charge in [0, 0.05) is 18.4 Å². The lowest BCUT2D eigenvalue weighted by Crippen LogP contribution is -2.52. The molecule has 3 heterocycles. The Morgan fingerprint density at radius 2 is 1.53 bits per heavy atom. The summed E-state index contributed by atoms with van der Waals surface area (Å²) >= 11 is 0. The third kappa shape index (κ3) is 2.61. The Labute approximate surface area is 117 Å². The molecule has 2 aliphatic heterocycles. The van der Waals surface area contributed by atoms with Crippen LogP contribution in [0.4, 0.5) is 0 Å². The summed E-state index contributed by atoms with van der Waals surface area (Å²) < 4.78 is 18.2. The fraction of sp³-hybridized carbons (Fsp3) is 0.714. The summed E-state index contributed by atoms with van der Waals surface area (Å²) in [5.41, 5.74) is 0. The second kappa shape index (κ2) is 5.20. The Morgan fingerprint density at radius 1 is 0.895 bits per heavy atom. The maximum Gasteiger partial charge on any atom is 0.260 e. The number of hydrogen-bond acceptors (Lipinski definition) is 3. The van der Waals surface area contributed by atoms with Gasteiger partial charge in [0.15, 0.2) is 0 Å². The van der Waals surface area contributed by atoms with E-state index in [9.17, 15) is 0 Å². The van der Waals surface area contributed by atoms with Crippen LogP contribution in [0, 0.1) is 0 Å². The zero-order valence-electron chi connectivity index (χ0n) is 12.0. The number of rotatable bonds is 2. The molecular weight excluding hydrogens is 272 g/mol. The molecule has 0 amide bonds. The van der Waals surface area contributed by atoms with Crippen molar-refractivity contribution in [3.63, 3.8) is 0 Å². The summed E-state index contributed by atoms with van der Waals surface area (Å²) in [6.45, 7) is 6.45. The Balaban J connectivity index is 1.82. The van der Waals surface area contributed by atoms with Gasteiger partial charge in [-0.2, -0.15) is 0 Å². The average Bonchev–Trinajstić information content (AvgIpc) is 2.91. The monoisotopic (exact) mass is 296 g/mol. The molecule has 0 aliphatic carbocycles. The van der Waals surface area contributed by atoms with E-state index in [2.05, 4.69) is 19.2 Å². The third-order valence-corrected chi connectivity index (χ3v) is 11.8. The van der Waals surface area contributed by atoms with Crippen LogP contribution < -0.4 is 10.6 Å². The Bertz CT molecular complexity index is 393. The van der Waals surface area contributed by atoms with Crippen molar-refractivity contribution in [2.45, 2.75) is 50.9 Å². The van der Waals surface area contributed by atoms with E-state index in [1.54, 1.807) is 0 Å². The molecule has 0 radical (unpaired) electrons. The fourth-order valence-corrected chi connectivity index (χ4v) is 9.01. The van der Waals surface area contributed by atoms with Crippen molar-refractivity contribution < 1.29 is 13.3 Å². The second-order valence-corrected chi connectivity index (χ2v) is 13.8. The highest BCUT2D eigenvalue weighted by atomic mass is 28.4. The van der Waals surface area contributed by atoms with E-state index < -0.39 is 16.6 Å². The summed E-state index contributed by atoms with van der Waals surface area (Å²) in [6.07, 6.45) is 6.95. The van der Waals surface area contributed by atoms with Crippen LogP contribution in [0.25, 0.3) is 0 Å². The molecule has 2 saturated heterocycles. The summed E-state index contributed by atoms with van der Waals surface area (Å²) in [5.74, 6) is 0. The molecular formula is C14H24O3Si2. The van der Waals surface area contributed by atoms with Gasteiger partial charge in [0.25, 0.3) is 8.32 Å². The fourth-order valence-electron chi connectivity index (χ4n) is 3.18. The molecule has 0 spiro atoms. The summed E-state index contributed by atoms with van der Waals surface area (Å²) in [7, 11) is -3.50. The molecule has 1 aromatic heterocycles. The third-order valence-electron chi connectivity index (χ3n) is 4.67. The Morgan fingerprint density at radius 3 is 2.11 bits per heavy atom. The minimum Gasteiger partial charge on any atom is -0.471 e. The molecule has 5 heteroatoms. The van der Waals surface area contributed by atoms with Gasteiger partial charge < -0.3 is 13.3 Å². The van der Waals surface area contributed by atoms with Crippen molar-refractivity contribution in [1.29, 1.82) is 0 Å². The van der Waals surface area contributed by atoms with Crippen molar-refractivity contribution in [2.24, 2.45) is 0 Å². The van der Waals surface area contributed by atoms with Gasteiger partial charge >= 0.3 is 0 Å². The van der Waals surface area contributed by atoms with Crippen LogP contribution in [0.2, 0.25) is 25.2 Å². The maximum atomic E-state index is 6.14. The quantitative estimate of drug-likeness (QED) is 0.786. The van der Waals surface area contributed by atoms with Crippen molar-refractivity contribution in [3.8, 4) is 0 Å². The lowest BCUT2D eigenvalue weighted by Gasteiger charge is -2.31. The highest BCUT2D eigenvalue weighted by Crippen LogP contribution is 2.24. The summed E-state index contributed by atoms with van der Waals surface area (Å²) in [5, 5.41) is 2.47. The second-order valence-electron chi connectivity index (χ2n) is 6.27. The predicted molar refractivity (Wildman–Crippen MR) is 81.2 cm³/mol. The van der Waals surface area contributed by atoms with Crippen molar-refractivity contribution in [3.05, 3.63) is 12.3 Å². The van der Waals surface area contributed by atoms with E-state index in [-0.39, 0.29) is 0 Å². The molecule has 0 bridgehead atoms. The first-order valence-electron chi connectivity index (χ1n) is 7.50. The zero-order chi connectivity index (χ0) is 13.3. The van der Waals surface area contributed by atoms with E-state index >= 15 is 0 Å². The SMILES string of the molecule is C[Si]1(c2coc([Si]3(C)CCCCO3)c2)CCCCO1. The molecule has 1 aromatic rings. The van der Waals surface area contributed by atoms with Crippen molar-refractivity contribution in [1.82, 2.24) is 0 Å². The molecule has 0 saturated carbocycles. The normalized spacial score (nSPS) is 36.3. The molecule has 106 valence electrons. The summed E-state index contributed by atoms with van der Waals surface area (Å²) in [4.78, 5) is 0. The first-order valence-corrected chi connectivity index (χ1v) is 12.7. The highest BCUT2D eigenvalue weighted by Gasteiger charge is 2.40. The van der Waals surface area contributed by atoms with E-state index in [0.717, 1.165) is 18.6 Å². The molecule has 3 nitrogen and oxygen atoms in total. The van der Waals surface area contributed by atoms with Crippen molar-refractivity contribution >= 4 is 27.2 Å². The van der Waals surface area contributed by atoms with Crippen LogP contribution in [-0.2, 0) is 8.85 Å². The van der Waals surface area contributed by atoms with E-state index in [1.807, 2.05) is 6.26 Å². The van der Waals surface area contributed by atoms with Gasteiger partial charge in [0.05, 0.1) is 6.26 Å². The van der Waals surface area contributed by atoms with Gasteiger partial charge in [0.1, 0.15) is 5.38 Å². The topological polar surface area (TPSA) is 31.6 Å². The van der Waals surface area contributed by atoms with Crippen LogP contribution >= 0.6 is 0 Å². The summed E-state index contributed by atoms with van der Waals surface area (Å²) in [6, 6.07) is 4.69. The lowest BCUT2D eigenvalue weighted by atomic mass is 10.4. The molecule has 19 heavy (non-hydrogen) atoms. The average molecular weight is 297 g/mol. The van der Waals surface area contributed by atoms with Gasteiger partial charge in [-0.25, -0.2) is 0 Å². The minimum atomic E-state index is -1.79. The van der Waals surface area contributed by atoms with Gasteiger partial charge in [-0.05, 0) is 44.1 Å². The van der Waals surface area contributed by atoms with Crippen LogP contribution in [0.15, 0.2) is 16.7 Å². The lowest BCUT2D eigenvalue weighted by molar-refractivity contribution is 0.275. The standard InChI is InChI=1S/C14H24O3Si2/c1-18(9-5-3-7-16-18)13-11-14(15-12-13)19(2)10-6-4-8-17-19/h11-12H,3-10H2,1-2H3. The molecule has 2 aliphatic rings. The number of hydrogen-bond donors (Lipinski definition) is 0. The van der Waals surface area contributed by atoms with Crippen LogP contribution in [0.1, 0.15) is 25.7 Å². The maximum absolute atomic E-state index is 6.14. The van der Waals surface area contributed by atoms with E-state index in [1.165, 1.54) is 43.0 Å². The molecule has 2 fully saturated rings. The van der Waals surface area contributed by atoms with Crippen LogP contribution in [-0.4, -0.2) is 29.8 Å². The smallest absolute Gasteiger partial charge is 0.260 e. The molecule has 2 unspecified atom stereocenters. The zero-order valence-corrected chi connectivity index (χ0v) is 14.0.